The van der Waals surface area contributed by atoms with E-state index in [0.29, 0.717) is 0 Å². The maximum atomic E-state index is 5.07. The SMILES string of the molecule is CNCC1=C(ON)CCC1. The van der Waals surface area contributed by atoms with Crippen LogP contribution in [0, 0.1) is 0 Å². The molecule has 0 bridgehead atoms. The first-order valence-corrected chi connectivity index (χ1v) is 3.60. The zero-order chi connectivity index (χ0) is 7.40. The van der Waals surface area contributed by atoms with E-state index in [-0.39, 0.29) is 0 Å². The predicted molar refractivity (Wildman–Crippen MR) is 40.1 cm³/mol. The molecule has 10 heavy (non-hydrogen) atoms. The molecular weight excluding hydrogens is 128 g/mol. The summed E-state index contributed by atoms with van der Waals surface area (Å²) in [5, 5.41) is 3.08. The lowest BCUT2D eigenvalue weighted by molar-refractivity contribution is 0.211. The second kappa shape index (κ2) is 3.58. The average Bonchev–Trinajstić information content (AvgIpc) is 2.36. The fraction of sp³-hybridized carbons (Fsp3) is 0.714. The minimum Gasteiger partial charge on any atom is -0.416 e. The van der Waals surface area contributed by atoms with E-state index in [2.05, 4.69) is 5.32 Å². The summed E-state index contributed by atoms with van der Waals surface area (Å²) in [7, 11) is 1.93. The van der Waals surface area contributed by atoms with Gasteiger partial charge in [-0.1, -0.05) is 0 Å². The maximum Gasteiger partial charge on any atom is 0.124 e. The van der Waals surface area contributed by atoms with Gasteiger partial charge in [0.15, 0.2) is 0 Å². The molecule has 0 fully saturated rings. The second-order valence-electron chi connectivity index (χ2n) is 2.53. The molecule has 1 aliphatic carbocycles. The molecule has 0 atom stereocenters. The lowest BCUT2D eigenvalue weighted by Crippen LogP contribution is -2.11. The quantitative estimate of drug-likeness (QED) is 0.565. The lowest BCUT2D eigenvalue weighted by Gasteiger charge is -2.02. The standard InChI is InChI=1S/C7H14N2O/c1-9-5-6-3-2-4-7(6)10-8/h9H,2-5,8H2,1H3. The van der Waals surface area contributed by atoms with E-state index in [1.165, 1.54) is 12.0 Å². The van der Waals surface area contributed by atoms with Crippen LogP contribution < -0.4 is 11.2 Å². The zero-order valence-corrected chi connectivity index (χ0v) is 6.31. The van der Waals surface area contributed by atoms with Crippen molar-refractivity contribution in [3.05, 3.63) is 11.3 Å². The summed E-state index contributed by atoms with van der Waals surface area (Å²) in [6.07, 6.45) is 3.32. The molecule has 0 aromatic heterocycles. The first-order chi connectivity index (χ1) is 4.88. The van der Waals surface area contributed by atoms with Crippen molar-refractivity contribution in [2.45, 2.75) is 19.3 Å². The number of likely N-dealkylation sites (N-methyl/N-ethyl adjacent to an activating group) is 1. The molecule has 58 valence electrons. The van der Waals surface area contributed by atoms with Gasteiger partial charge in [-0.05, 0) is 25.5 Å². The van der Waals surface area contributed by atoms with Gasteiger partial charge in [-0.25, -0.2) is 0 Å². The van der Waals surface area contributed by atoms with Gasteiger partial charge in [-0.15, -0.1) is 0 Å². The second-order valence-corrected chi connectivity index (χ2v) is 2.53. The summed E-state index contributed by atoms with van der Waals surface area (Å²) in [5.74, 6) is 6.05. The van der Waals surface area contributed by atoms with E-state index in [0.717, 1.165) is 25.1 Å². The Hall–Kier alpha value is -0.540. The van der Waals surface area contributed by atoms with Gasteiger partial charge in [0.05, 0.1) is 0 Å². The van der Waals surface area contributed by atoms with Gasteiger partial charge in [0.2, 0.25) is 0 Å². The third-order valence-corrected chi connectivity index (χ3v) is 1.81. The van der Waals surface area contributed by atoms with Gasteiger partial charge >= 0.3 is 0 Å². The Bertz CT molecular complexity index is 143. The number of hydrogen-bond acceptors (Lipinski definition) is 3. The molecule has 0 amide bonds. The van der Waals surface area contributed by atoms with E-state index in [1.807, 2.05) is 7.05 Å². The first kappa shape index (κ1) is 7.57. The Balaban J connectivity index is 2.50. The fourth-order valence-electron chi connectivity index (χ4n) is 1.32. The molecule has 0 aromatic carbocycles. The number of hydrogen-bond donors (Lipinski definition) is 2. The third-order valence-electron chi connectivity index (χ3n) is 1.81. The van der Waals surface area contributed by atoms with Crippen LogP contribution in [-0.2, 0) is 4.84 Å². The van der Waals surface area contributed by atoms with Crippen molar-refractivity contribution in [2.24, 2.45) is 5.90 Å². The van der Waals surface area contributed by atoms with Crippen molar-refractivity contribution in [1.29, 1.82) is 0 Å². The van der Waals surface area contributed by atoms with Crippen molar-refractivity contribution in [2.75, 3.05) is 13.6 Å². The fourth-order valence-corrected chi connectivity index (χ4v) is 1.32. The van der Waals surface area contributed by atoms with Crippen molar-refractivity contribution in [3.8, 4) is 0 Å². The Morgan fingerprint density at radius 2 is 2.40 bits per heavy atom. The van der Waals surface area contributed by atoms with Gasteiger partial charge in [0.1, 0.15) is 5.76 Å². The van der Waals surface area contributed by atoms with E-state index >= 15 is 0 Å². The number of allylic oxidation sites excluding steroid dienone is 1. The average molecular weight is 142 g/mol. The largest absolute Gasteiger partial charge is 0.416 e. The summed E-state index contributed by atoms with van der Waals surface area (Å²) >= 11 is 0. The molecule has 1 rings (SSSR count). The highest BCUT2D eigenvalue weighted by molar-refractivity contribution is 5.15. The number of nitrogens with two attached hydrogens (primary N) is 1. The van der Waals surface area contributed by atoms with Gasteiger partial charge in [-0.2, -0.15) is 5.90 Å². The maximum absolute atomic E-state index is 5.07. The van der Waals surface area contributed by atoms with E-state index in [4.69, 9.17) is 10.7 Å². The van der Waals surface area contributed by atoms with Crippen LogP contribution in [0.2, 0.25) is 0 Å². The summed E-state index contributed by atoms with van der Waals surface area (Å²) in [5.41, 5.74) is 1.32. The van der Waals surface area contributed by atoms with Crippen LogP contribution in [0.5, 0.6) is 0 Å². The van der Waals surface area contributed by atoms with E-state index < -0.39 is 0 Å². The highest BCUT2D eigenvalue weighted by atomic mass is 16.6. The van der Waals surface area contributed by atoms with Crippen LogP contribution >= 0.6 is 0 Å². The van der Waals surface area contributed by atoms with Crippen LogP contribution in [0.15, 0.2) is 11.3 Å². The molecule has 0 spiro atoms. The minimum atomic E-state index is 0.909. The topological polar surface area (TPSA) is 47.3 Å². The molecule has 3 nitrogen and oxygen atoms in total. The Kier molecular flexibility index (Phi) is 2.71. The zero-order valence-electron chi connectivity index (χ0n) is 6.31. The summed E-state index contributed by atoms with van der Waals surface area (Å²) in [6.45, 7) is 0.909. The number of rotatable bonds is 3. The molecule has 0 saturated heterocycles. The monoisotopic (exact) mass is 142 g/mol. The highest BCUT2D eigenvalue weighted by Gasteiger charge is 2.13. The van der Waals surface area contributed by atoms with Crippen LogP contribution in [0.25, 0.3) is 0 Å². The minimum absolute atomic E-state index is 0.909. The molecule has 0 radical (unpaired) electrons. The summed E-state index contributed by atoms with van der Waals surface area (Å²) in [6, 6.07) is 0. The van der Waals surface area contributed by atoms with Crippen LogP contribution in [0.4, 0.5) is 0 Å². The molecule has 0 aliphatic heterocycles. The first-order valence-electron chi connectivity index (χ1n) is 3.60. The molecule has 3 heteroatoms. The molecule has 0 unspecified atom stereocenters. The van der Waals surface area contributed by atoms with Crippen molar-refractivity contribution >= 4 is 0 Å². The normalized spacial score (nSPS) is 18.2. The molecule has 1 aliphatic rings. The van der Waals surface area contributed by atoms with E-state index in [1.54, 1.807) is 0 Å². The van der Waals surface area contributed by atoms with Crippen molar-refractivity contribution in [3.63, 3.8) is 0 Å². The van der Waals surface area contributed by atoms with Gasteiger partial charge in [0.25, 0.3) is 0 Å². The number of nitrogens with one attached hydrogen (secondary N) is 1. The smallest absolute Gasteiger partial charge is 0.124 e. The predicted octanol–water partition coefficient (Wildman–Crippen LogP) is 0.534. The Morgan fingerprint density at radius 1 is 1.60 bits per heavy atom. The molecule has 3 N–H and O–H groups in total. The van der Waals surface area contributed by atoms with Crippen molar-refractivity contribution < 1.29 is 4.84 Å². The van der Waals surface area contributed by atoms with Crippen LogP contribution in [0.1, 0.15) is 19.3 Å². The Morgan fingerprint density at radius 3 is 3.00 bits per heavy atom. The molecule has 0 heterocycles. The molecule has 0 aromatic rings. The third kappa shape index (κ3) is 1.49. The molecule has 0 saturated carbocycles. The summed E-state index contributed by atoms with van der Waals surface area (Å²) < 4.78 is 0. The van der Waals surface area contributed by atoms with Crippen LogP contribution in [0.3, 0.4) is 0 Å². The molecular formula is C7H14N2O. The summed E-state index contributed by atoms with van der Waals surface area (Å²) in [4.78, 5) is 4.72. The van der Waals surface area contributed by atoms with Gasteiger partial charge in [0, 0.05) is 13.0 Å². The van der Waals surface area contributed by atoms with E-state index in [9.17, 15) is 0 Å². The van der Waals surface area contributed by atoms with Crippen molar-refractivity contribution in [1.82, 2.24) is 5.32 Å². The van der Waals surface area contributed by atoms with Crippen LogP contribution in [-0.4, -0.2) is 13.6 Å². The lowest BCUT2D eigenvalue weighted by atomic mass is 10.2. The Labute approximate surface area is 61.2 Å². The van der Waals surface area contributed by atoms with Gasteiger partial charge in [-0.3, -0.25) is 0 Å². The van der Waals surface area contributed by atoms with Gasteiger partial charge < -0.3 is 10.2 Å². The highest BCUT2D eigenvalue weighted by Crippen LogP contribution is 2.24.